The molecular weight excluding hydrogens is 1720 g/mol. The molecule has 23 atom stereocenters. The van der Waals surface area contributed by atoms with Crippen LogP contribution in [0.15, 0.2) is 84.8 Å². The van der Waals surface area contributed by atoms with Gasteiger partial charge in [0.2, 0.25) is 11.9 Å². The van der Waals surface area contributed by atoms with Crippen LogP contribution in [0.4, 0.5) is 29.4 Å². The van der Waals surface area contributed by atoms with E-state index in [2.05, 4.69) is 59.8 Å². The number of aliphatic hydroxyl groups excluding tert-OH is 2. The lowest BCUT2D eigenvalue weighted by molar-refractivity contribution is -0.0649. The topological polar surface area (TPSA) is 800 Å². The van der Waals surface area contributed by atoms with Crippen molar-refractivity contribution in [1.29, 1.82) is 0 Å². The van der Waals surface area contributed by atoms with E-state index in [1.54, 1.807) is 0 Å². The highest BCUT2D eigenvalue weighted by molar-refractivity contribution is 7.48. The molecule has 6 aliphatic rings. The maximum atomic E-state index is 14.4. The van der Waals surface area contributed by atoms with Gasteiger partial charge in [0.25, 0.3) is 16.7 Å². The summed E-state index contributed by atoms with van der Waals surface area (Å²) in [5.41, 5.74) is 23.5. The molecule has 6 fully saturated rings. The zero-order valence-corrected chi connectivity index (χ0v) is 66.0. The number of aromatic amines is 3. The van der Waals surface area contributed by atoms with Crippen LogP contribution in [0.3, 0.4) is 0 Å². The molecule has 0 aliphatic carbocycles. The Morgan fingerprint density at radius 1 is 0.425 bits per heavy atom. The van der Waals surface area contributed by atoms with E-state index in [1.165, 1.54) is 47.0 Å². The molecule has 62 heteroatoms. The van der Waals surface area contributed by atoms with E-state index in [0.717, 1.165) is 43.3 Å². The van der Waals surface area contributed by atoms with Crippen LogP contribution < -0.4 is 62.4 Å². The van der Waals surface area contributed by atoms with Crippen LogP contribution in [-0.2, 0) is 96.5 Å². The standard InChI is InChI=1S/C58H74N23O34P5/c1-23-12-78(58(89)75-51(23)84)41-9-27(33(108-41)16-101-117(92,93)111-25-7-39(105-30(25)13-82)76-4-2-36(59)69-56(76)87)113-119(96,97)102-15-32-26(8-40(107-32)77-5-3-37(60)70-57(77)88)112-118(94,95)104-18-35-29(11-43(110-35)81-22-68-46-50(81)72-55(63)74-53(46)86)115-120(98,99)103-17-34-28(10-42(109-34)79-20-66-44-47(61)64-19-65-48(44)79)114-116(90,91)100-14-31-24(83)6-38(106-31)80-21-67-45-49(80)71-54(62)73-52(45)85/h2-5,12,19-22,24-35,38-43,82-83H,6-11,13-18H2,1H3,(H,90,91)(H,92,93)(H,94,95)(H,96,97)(H,98,99)(H2,59,69,87)(H2,60,70,88)(H2,61,64,65)(H,75,84,89)(H3,62,71,73,85)(H3,63,72,74,86)/t24-,25-,26-,27-,28-,29-,30+,31+,32+,33+,34+,35+,38+,39+,40+,41+,42+,43+/m0/s1. The number of phosphoric ester groups is 5. The minimum atomic E-state index is -5.65. The Morgan fingerprint density at radius 2 is 0.767 bits per heavy atom. The molecule has 5 unspecified atom stereocenters. The van der Waals surface area contributed by atoms with Crippen LogP contribution in [0.5, 0.6) is 0 Å². The summed E-state index contributed by atoms with van der Waals surface area (Å²) in [5, 5.41) is 21.1. The number of nitrogens with zero attached hydrogens (tertiary/aromatic N) is 15. The van der Waals surface area contributed by atoms with Gasteiger partial charge in [-0.25, -0.2) is 62.1 Å². The molecule has 120 heavy (non-hydrogen) atoms. The lowest BCUT2D eigenvalue weighted by atomic mass is 10.2. The van der Waals surface area contributed by atoms with Crippen molar-refractivity contribution in [3.63, 3.8) is 0 Å². The van der Waals surface area contributed by atoms with Gasteiger partial charge >= 0.3 is 56.2 Å². The molecule has 6 saturated heterocycles. The van der Waals surface area contributed by atoms with Gasteiger partial charge in [-0.05, 0) is 19.1 Å². The number of aryl methyl sites for hydroxylation is 1. The number of hydrogen-bond donors (Lipinski definition) is 15. The van der Waals surface area contributed by atoms with Crippen molar-refractivity contribution in [2.24, 2.45) is 0 Å². The number of nitrogen functional groups attached to an aromatic ring is 5. The number of anilines is 5. The van der Waals surface area contributed by atoms with E-state index in [9.17, 15) is 86.3 Å². The van der Waals surface area contributed by atoms with Gasteiger partial charge < -0.3 is 91.8 Å². The average Bonchev–Trinajstić information content (AvgIpc) is 1.62. The van der Waals surface area contributed by atoms with Gasteiger partial charge in [-0.15, -0.1) is 0 Å². The number of phosphoric acid groups is 5. The lowest BCUT2D eigenvalue weighted by Crippen LogP contribution is -2.33. The van der Waals surface area contributed by atoms with Gasteiger partial charge in [-0.3, -0.25) is 102 Å². The maximum Gasteiger partial charge on any atom is 0.472 e. The van der Waals surface area contributed by atoms with Crippen LogP contribution in [0.25, 0.3) is 33.5 Å². The van der Waals surface area contributed by atoms with Crippen molar-refractivity contribution in [2.45, 2.75) is 156 Å². The summed E-state index contributed by atoms with van der Waals surface area (Å²) >= 11 is 0. The molecule has 0 saturated carbocycles. The van der Waals surface area contributed by atoms with Gasteiger partial charge in [0.1, 0.15) is 128 Å². The molecule has 0 radical (unpaired) electrons. The highest BCUT2D eigenvalue weighted by Gasteiger charge is 2.52. The number of aliphatic hydroxyl groups is 2. The van der Waals surface area contributed by atoms with Crippen LogP contribution >= 0.6 is 39.1 Å². The summed E-state index contributed by atoms with van der Waals surface area (Å²) in [6.07, 6.45) is -21.6. The number of nitrogens with two attached hydrogens (primary N) is 5. The van der Waals surface area contributed by atoms with Crippen LogP contribution in [0.1, 0.15) is 81.5 Å². The first-order valence-corrected chi connectivity index (χ1v) is 43.2. The van der Waals surface area contributed by atoms with Crippen molar-refractivity contribution in [2.75, 3.05) is 68.3 Å². The van der Waals surface area contributed by atoms with Crippen molar-refractivity contribution < 1.29 is 131 Å². The Labute approximate surface area is 666 Å². The zero-order chi connectivity index (χ0) is 85.4. The monoisotopic (exact) mass is 1790 g/mol. The van der Waals surface area contributed by atoms with E-state index in [0.29, 0.717) is 0 Å². The molecule has 650 valence electrons. The number of H-pyrrole nitrogens is 3. The third kappa shape index (κ3) is 18.9. The maximum absolute atomic E-state index is 14.4. The molecule has 9 aromatic rings. The van der Waals surface area contributed by atoms with Gasteiger partial charge in [-0.2, -0.15) is 19.9 Å². The van der Waals surface area contributed by atoms with Crippen molar-refractivity contribution in [3.05, 3.63) is 124 Å². The molecular formula is C58H74N23O34P5. The molecule has 0 bridgehead atoms. The molecule has 15 heterocycles. The molecule has 15 rings (SSSR count). The molecule has 57 nitrogen and oxygen atoms in total. The number of imidazole rings is 3. The third-order valence-electron chi connectivity index (χ3n) is 19.6. The summed E-state index contributed by atoms with van der Waals surface area (Å²) in [4.78, 5) is 177. The summed E-state index contributed by atoms with van der Waals surface area (Å²) in [5.74, 6) is -1.05. The smallest absolute Gasteiger partial charge is 0.394 e. The molecule has 0 spiro atoms. The second-order valence-corrected chi connectivity index (χ2v) is 34.7. The Bertz CT molecular complexity index is 6010. The van der Waals surface area contributed by atoms with Gasteiger partial charge in [-0.1, -0.05) is 0 Å². The Hall–Kier alpha value is -9.08. The summed E-state index contributed by atoms with van der Waals surface area (Å²) in [6.45, 7) is -4.58. The minimum Gasteiger partial charge on any atom is -0.394 e. The number of fused-ring (bicyclic) bond motifs is 3. The molecule has 20 N–H and O–H groups in total. The Kier molecular flexibility index (Phi) is 24.3. The highest BCUT2D eigenvalue weighted by atomic mass is 31.2. The number of hydrogen-bond acceptors (Lipinski definition) is 43. The molecule has 0 aromatic carbocycles. The number of ether oxygens (including phenoxy) is 6. The average molecular weight is 1790 g/mol. The fourth-order valence-corrected chi connectivity index (χ4v) is 18.8. The van der Waals surface area contributed by atoms with Crippen LogP contribution in [0, 0.1) is 6.92 Å². The normalized spacial score (nSPS) is 29.7. The third-order valence-corrected chi connectivity index (χ3v) is 24.7. The van der Waals surface area contributed by atoms with E-state index < -0.39 is 248 Å². The van der Waals surface area contributed by atoms with Gasteiger partial charge in [0.05, 0.1) is 64.7 Å². The minimum absolute atomic E-state index is 0.00405. The van der Waals surface area contributed by atoms with Crippen molar-refractivity contribution in [3.8, 4) is 0 Å². The van der Waals surface area contributed by atoms with Gasteiger partial charge in [0, 0.05) is 62.7 Å². The van der Waals surface area contributed by atoms with Gasteiger partial charge in [0.15, 0.2) is 33.8 Å². The molecule has 0 amide bonds. The summed E-state index contributed by atoms with van der Waals surface area (Å²) in [7, 11) is -27.4. The van der Waals surface area contributed by atoms with Crippen LogP contribution in [-0.4, -0.2) is 235 Å². The van der Waals surface area contributed by atoms with Crippen molar-refractivity contribution in [1.82, 2.24) is 87.2 Å². The van der Waals surface area contributed by atoms with Crippen LogP contribution in [0.2, 0.25) is 0 Å². The largest absolute Gasteiger partial charge is 0.472 e. The Balaban J connectivity index is 0.633. The zero-order valence-electron chi connectivity index (χ0n) is 61.6. The number of aromatic nitrogens is 18. The predicted octanol–water partition coefficient (Wildman–Crippen LogP) is -3.03. The first kappa shape index (κ1) is 85.9. The Morgan fingerprint density at radius 3 is 1.17 bits per heavy atom. The summed E-state index contributed by atoms with van der Waals surface area (Å²) in [6, 6.07) is 2.45. The fraction of sp³-hybridized carbons (Fsp3) is 0.534. The van der Waals surface area contributed by atoms with E-state index in [-0.39, 0.29) is 81.7 Å². The molecule has 6 aliphatic heterocycles. The quantitative estimate of drug-likeness (QED) is 0.0186. The van der Waals surface area contributed by atoms with E-state index in [1.807, 2.05) is 0 Å². The first-order valence-electron chi connectivity index (χ1n) is 35.7. The predicted molar refractivity (Wildman–Crippen MR) is 394 cm³/mol. The lowest BCUT2D eigenvalue weighted by Gasteiger charge is -2.26. The highest BCUT2D eigenvalue weighted by Crippen LogP contribution is 2.56. The summed E-state index contributed by atoms with van der Waals surface area (Å²) < 4.78 is 168. The second kappa shape index (κ2) is 34.0. The van der Waals surface area contributed by atoms with E-state index >= 15 is 0 Å². The second-order valence-electron chi connectivity index (χ2n) is 27.7. The number of nitrogens with one attached hydrogen (secondary N) is 3. The number of rotatable bonds is 32. The first-order chi connectivity index (χ1) is 56.8. The SMILES string of the molecule is Cc1cn([C@H]2C[C@H](OP(=O)(O)OC[C@H]3O[C@@H](n4ccc(N)nc4=O)C[C@@H]3OP(=O)(O)OC[C@H]3O[C@@H](n4cnc5c(=O)[nH]c(N)nc54)C[C@@H]3OP(=O)(O)OC[C@H]3O[C@@H](n4cnc5c(N)ncnc54)C[C@@H]3OP(=O)(O)OC[C@H]3O[C@@H](n4cnc5c(=O)[nH]c(N)nc54)C[C@@H]3O)[C@@H](COP(=O)(O)O[C@H]3C[C@H](n4ccc(N)nc4=O)O[C@@H]3CO)O2)c(=O)[nH]c1=O. The van der Waals surface area contributed by atoms with Crippen molar-refractivity contribution >= 4 is 102 Å². The molecule has 9 aromatic heterocycles. The van der Waals surface area contributed by atoms with E-state index in [4.69, 9.17) is 102 Å². The fourth-order valence-electron chi connectivity index (χ4n) is 14.0.